The van der Waals surface area contributed by atoms with Gasteiger partial charge in [0.2, 0.25) is 0 Å². The SMILES string of the molecule is N#CC1(Sc2ccc(Br)s2)COC1. The third kappa shape index (κ3) is 1.91. The van der Waals surface area contributed by atoms with E-state index >= 15 is 0 Å². The van der Waals surface area contributed by atoms with Crippen LogP contribution in [0.25, 0.3) is 0 Å². The highest BCUT2D eigenvalue weighted by Gasteiger charge is 2.40. The van der Waals surface area contributed by atoms with E-state index < -0.39 is 0 Å². The molecule has 0 aromatic carbocycles. The van der Waals surface area contributed by atoms with Gasteiger partial charge in [0, 0.05) is 0 Å². The highest BCUT2D eigenvalue weighted by molar-refractivity contribution is 9.11. The molecule has 0 unspecified atom stereocenters. The minimum Gasteiger partial charge on any atom is -0.376 e. The lowest BCUT2D eigenvalue weighted by Gasteiger charge is -2.33. The number of halogens is 1. The summed E-state index contributed by atoms with van der Waals surface area (Å²) in [6, 6.07) is 6.32. The number of thiophene rings is 1. The maximum atomic E-state index is 8.95. The maximum Gasteiger partial charge on any atom is 0.154 e. The van der Waals surface area contributed by atoms with Crippen molar-refractivity contribution in [3.63, 3.8) is 0 Å². The lowest BCUT2D eigenvalue weighted by molar-refractivity contribution is 0.0162. The Balaban J connectivity index is 2.09. The molecule has 13 heavy (non-hydrogen) atoms. The Hall–Kier alpha value is -0.0200. The van der Waals surface area contributed by atoms with Crippen molar-refractivity contribution < 1.29 is 4.74 Å². The maximum absolute atomic E-state index is 8.95. The summed E-state index contributed by atoms with van der Waals surface area (Å²) < 4.78 is 6.99. The van der Waals surface area contributed by atoms with Gasteiger partial charge in [-0.2, -0.15) is 5.26 Å². The van der Waals surface area contributed by atoms with Crippen molar-refractivity contribution in [2.45, 2.75) is 8.96 Å². The predicted molar refractivity (Wildman–Crippen MR) is 57.0 cm³/mol. The molecule has 1 aromatic rings. The van der Waals surface area contributed by atoms with Crippen molar-refractivity contribution in [2.24, 2.45) is 0 Å². The lowest BCUT2D eigenvalue weighted by atomic mass is 10.1. The van der Waals surface area contributed by atoms with Crippen LogP contribution in [0.2, 0.25) is 0 Å². The number of nitrogens with zero attached hydrogens (tertiary/aromatic N) is 1. The Morgan fingerprint density at radius 3 is 2.77 bits per heavy atom. The van der Waals surface area contributed by atoms with E-state index in [2.05, 4.69) is 22.0 Å². The Labute approximate surface area is 93.0 Å². The molecule has 1 fully saturated rings. The van der Waals surface area contributed by atoms with Gasteiger partial charge in [-0.3, -0.25) is 0 Å². The van der Waals surface area contributed by atoms with E-state index in [1.54, 1.807) is 23.1 Å². The smallest absolute Gasteiger partial charge is 0.154 e. The van der Waals surface area contributed by atoms with E-state index in [4.69, 9.17) is 10.00 Å². The second-order valence-corrected chi connectivity index (χ2v) is 6.91. The molecule has 5 heteroatoms. The molecule has 0 atom stereocenters. The highest BCUT2D eigenvalue weighted by atomic mass is 79.9. The molecule has 0 spiro atoms. The van der Waals surface area contributed by atoms with Crippen LogP contribution in [0.4, 0.5) is 0 Å². The first-order valence-corrected chi connectivity index (χ1v) is 6.10. The van der Waals surface area contributed by atoms with Crippen molar-refractivity contribution in [3.8, 4) is 6.07 Å². The molecule has 1 aliphatic heterocycles. The van der Waals surface area contributed by atoms with Gasteiger partial charge in [0.25, 0.3) is 0 Å². The van der Waals surface area contributed by atoms with Gasteiger partial charge in [-0.25, -0.2) is 0 Å². The first-order chi connectivity index (χ1) is 6.24. The van der Waals surface area contributed by atoms with Gasteiger partial charge in [-0.15, -0.1) is 11.3 Å². The highest BCUT2D eigenvalue weighted by Crippen LogP contribution is 2.42. The average Bonchev–Trinajstić information content (AvgIpc) is 2.44. The number of nitriles is 1. The molecular weight excluding hydrogens is 270 g/mol. The van der Waals surface area contributed by atoms with Gasteiger partial charge in [0.1, 0.15) is 0 Å². The monoisotopic (exact) mass is 275 g/mol. The van der Waals surface area contributed by atoms with E-state index in [-0.39, 0.29) is 4.75 Å². The fraction of sp³-hybridized carbons (Fsp3) is 0.375. The molecule has 2 nitrogen and oxygen atoms in total. The molecule has 0 N–H and O–H groups in total. The number of hydrogen-bond acceptors (Lipinski definition) is 4. The van der Waals surface area contributed by atoms with Crippen LogP contribution in [0.1, 0.15) is 0 Å². The summed E-state index contributed by atoms with van der Waals surface area (Å²) in [7, 11) is 0. The number of hydrogen-bond donors (Lipinski definition) is 0. The molecule has 68 valence electrons. The van der Waals surface area contributed by atoms with Crippen molar-refractivity contribution in [2.75, 3.05) is 13.2 Å². The number of rotatable bonds is 2. The van der Waals surface area contributed by atoms with Crippen molar-refractivity contribution in [1.29, 1.82) is 5.26 Å². The first kappa shape index (κ1) is 9.53. The summed E-state index contributed by atoms with van der Waals surface area (Å²) in [4.78, 5) is 0. The van der Waals surface area contributed by atoms with Crippen LogP contribution in [-0.2, 0) is 4.74 Å². The van der Waals surface area contributed by atoms with E-state index in [1.165, 1.54) is 0 Å². The van der Waals surface area contributed by atoms with Crippen LogP contribution < -0.4 is 0 Å². The molecule has 2 heterocycles. The molecule has 1 aromatic heterocycles. The van der Waals surface area contributed by atoms with Crippen LogP contribution in [-0.4, -0.2) is 18.0 Å². The molecular formula is C8H6BrNOS2. The topological polar surface area (TPSA) is 33.0 Å². The molecule has 0 bridgehead atoms. The van der Waals surface area contributed by atoms with Crippen molar-refractivity contribution >= 4 is 39.0 Å². The summed E-state index contributed by atoms with van der Waals surface area (Å²) in [5.74, 6) is 0. The fourth-order valence-corrected chi connectivity index (χ4v) is 4.19. The zero-order valence-electron chi connectivity index (χ0n) is 6.62. The van der Waals surface area contributed by atoms with Crippen LogP contribution in [0.15, 0.2) is 20.1 Å². The molecule has 0 amide bonds. The van der Waals surface area contributed by atoms with E-state index in [0.29, 0.717) is 13.2 Å². The van der Waals surface area contributed by atoms with Gasteiger partial charge >= 0.3 is 0 Å². The van der Waals surface area contributed by atoms with Crippen LogP contribution in [0.3, 0.4) is 0 Å². The standard InChI is InChI=1S/C8H6BrNOS2/c9-6-1-2-7(12-6)13-8(3-10)4-11-5-8/h1-2H,4-5H2. The zero-order chi connectivity index (χ0) is 9.31. The van der Waals surface area contributed by atoms with E-state index in [9.17, 15) is 0 Å². The molecule has 0 aliphatic carbocycles. The predicted octanol–water partition coefficient (Wildman–Crippen LogP) is 2.90. The van der Waals surface area contributed by atoms with Crippen LogP contribution in [0, 0.1) is 11.3 Å². The minimum atomic E-state index is -0.329. The lowest BCUT2D eigenvalue weighted by Crippen LogP contribution is -2.44. The molecule has 2 rings (SSSR count). The van der Waals surface area contributed by atoms with E-state index in [0.717, 1.165) is 8.00 Å². The van der Waals surface area contributed by atoms with Gasteiger partial charge in [0.15, 0.2) is 4.75 Å². The number of ether oxygens (including phenoxy) is 1. The Morgan fingerprint density at radius 2 is 2.38 bits per heavy atom. The molecule has 0 saturated carbocycles. The quantitative estimate of drug-likeness (QED) is 0.832. The molecule has 1 saturated heterocycles. The second kappa shape index (κ2) is 3.62. The first-order valence-electron chi connectivity index (χ1n) is 3.67. The fourth-order valence-electron chi connectivity index (χ4n) is 0.979. The minimum absolute atomic E-state index is 0.329. The van der Waals surface area contributed by atoms with Gasteiger partial charge in [-0.1, -0.05) is 11.8 Å². The zero-order valence-corrected chi connectivity index (χ0v) is 9.84. The van der Waals surface area contributed by atoms with Gasteiger partial charge in [-0.05, 0) is 28.1 Å². The van der Waals surface area contributed by atoms with Gasteiger partial charge < -0.3 is 4.74 Å². The largest absolute Gasteiger partial charge is 0.376 e. The normalized spacial score (nSPS) is 19.1. The third-order valence-corrected chi connectivity index (χ3v) is 4.69. The summed E-state index contributed by atoms with van der Waals surface area (Å²) in [6.07, 6.45) is 0. The number of thioether (sulfide) groups is 1. The van der Waals surface area contributed by atoms with E-state index in [1.807, 2.05) is 12.1 Å². The van der Waals surface area contributed by atoms with Crippen molar-refractivity contribution in [3.05, 3.63) is 15.9 Å². The van der Waals surface area contributed by atoms with Gasteiger partial charge in [0.05, 0.1) is 27.3 Å². The molecule has 1 aliphatic rings. The average molecular weight is 276 g/mol. The Morgan fingerprint density at radius 1 is 1.62 bits per heavy atom. The van der Waals surface area contributed by atoms with Crippen LogP contribution in [0.5, 0.6) is 0 Å². The summed E-state index contributed by atoms with van der Waals surface area (Å²) in [5.41, 5.74) is 0. The third-order valence-electron chi connectivity index (χ3n) is 1.72. The second-order valence-electron chi connectivity index (χ2n) is 2.76. The van der Waals surface area contributed by atoms with Crippen molar-refractivity contribution in [1.82, 2.24) is 0 Å². The summed E-state index contributed by atoms with van der Waals surface area (Å²) >= 11 is 6.65. The summed E-state index contributed by atoms with van der Waals surface area (Å²) in [6.45, 7) is 1.09. The summed E-state index contributed by atoms with van der Waals surface area (Å²) in [5, 5.41) is 8.95. The Kier molecular flexibility index (Phi) is 2.65. The Bertz CT molecular complexity index is 353. The van der Waals surface area contributed by atoms with Crippen LogP contribution >= 0.6 is 39.0 Å². The molecule has 0 radical (unpaired) electrons.